The Morgan fingerprint density at radius 3 is 3.11 bits per heavy atom. The molecule has 3 rings (SSSR count). The third-order valence-corrected chi connectivity index (χ3v) is 5.29. The number of thiophene rings is 1. The van der Waals surface area contributed by atoms with Crippen LogP contribution in [0.5, 0.6) is 0 Å². The number of nitrogens with one attached hydrogen (secondary N) is 1. The van der Waals surface area contributed by atoms with Gasteiger partial charge in [-0.05, 0) is 30.4 Å². The molecular weight excluding hydrogens is 280 g/mol. The van der Waals surface area contributed by atoms with Crippen molar-refractivity contribution in [2.24, 2.45) is 0 Å². The summed E-state index contributed by atoms with van der Waals surface area (Å²) in [6.07, 6.45) is 0.931. The number of carbonyl (C=O) groups excluding carboxylic acids is 1. The van der Waals surface area contributed by atoms with Crippen molar-refractivity contribution < 1.29 is 4.79 Å². The van der Waals surface area contributed by atoms with E-state index in [1.54, 1.807) is 18.4 Å². The van der Waals surface area contributed by atoms with Crippen molar-refractivity contribution in [1.29, 1.82) is 0 Å². The van der Waals surface area contributed by atoms with E-state index in [4.69, 9.17) is 0 Å². The second-order valence-electron chi connectivity index (χ2n) is 4.39. The van der Waals surface area contributed by atoms with E-state index in [0.29, 0.717) is 10.1 Å². The minimum Gasteiger partial charge on any atom is -0.363 e. The molecule has 2 aromatic rings. The van der Waals surface area contributed by atoms with E-state index in [9.17, 15) is 4.79 Å². The standard InChI is InChI=1S/C12H14N4OS2/c1-7-8-4-6-18-9(8)3-5-16(7)11(17)10-14-15-12(13-2)19-10/h4,6-7H,3,5H2,1-2H3,(H,13,15). The molecule has 1 amide bonds. The summed E-state index contributed by atoms with van der Waals surface area (Å²) in [6.45, 7) is 2.82. The SMILES string of the molecule is CNc1nnc(C(=O)N2CCc3sccc3C2C)s1. The second-order valence-corrected chi connectivity index (χ2v) is 6.36. The molecular formula is C12H14N4OS2. The van der Waals surface area contributed by atoms with E-state index in [-0.39, 0.29) is 11.9 Å². The Balaban J connectivity index is 1.85. The van der Waals surface area contributed by atoms with Gasteiger partial charge < -0.3 is 10.2 Å². The lowest BCUT2D eigenvalue weighted by molar-refractivity contribution is 0.0678. The third kappa shape index (κ3) is 2.12. The van der Waals surface area contributed by atoms with Gasteiger partial charge in [0.05, 0.1) is 6.04 Å². The summed E-state index contributed by atoms with van der Waals surface area (Å²) in [5.74, 6) is -0.0247. The lowest BCUT2D eigenvalue weighted by Gasteiger charge is -2.32. The number of nitrogens with zero attached hydrogens (tertiary/aromatic N) is 3. The van der Waals surface area contributed by atoms with Gasteiger partial charge in [-0.15, -0.1) is 21.5 Å². The summed E-state index contributed by atoms with van der Waals surface area (Å²) in [6, 6.07) is 2.23. The molecule has 1 N–H and O–H groups in total. The van der Waals surface area contributed by atoms with E-state index in [2.05, 4.69) is 33.9 Å². The van der Waals surface area contributed by atoms with Crippen molar-refractivity contribution >= 4 is 33.7 Å². The average Bonchev–Trinajstić information content (AvgIpc) is 3.07. The molecule has 1 atom stereocenters. The molecule has 0 aliphatic carbocycles. The zero-order valence-electron chi connectivity index (χ0n) is 10.7. The molecule has 19 heavy (non-hydrogen) atoms. The molecule has 0 fully saturated rings. The van der Waals surface area contributed by atoms with E-state index in [1.807, 2.05) is 4.90 Å². The van der Waals surface area contributed by atoms with Crippen LogP contribution in [0.3, 0.4) is 0 Å². The van der Waals surface area contributed by atoms with Crippen LogP contribution in [0.2, 0.25) is 0 Å². The van der Waals surface area contributed by atoms with Crippen LogP contribution in [0.1, 0.15) is 33.2 Å². The van der Waals surface area contributed by atoms with Crippen molar-refractivity contribution in [3.8, 4) is 0 Å². The maximum absolute atomic E-state index is 12.5. The van der Waals surface area contributed by atoms with Gasteiger partial charge in [-0.25, -0.2) is 0 Å². The largest absolute Gasteiger partial charge is 0.363 e. The molecule has 0 bridgehead atoms. The second kappa shape index (κ2) is 4.90. The minimum atomic E-state index is -0.0247. The Bertz CT molecular complexity index is 606. The van der Waals surface area contributed by atoms with E-state index in [1.165, 1.54) is 21.8 Å². The van der Waals surface area contributed by atoms with Gasteiger partial charge in [0.25, 0.3) is 5.91 Å². The fraction of sp³-hybridized carbons (Fsp3) is 0.417. The van der Waals surface area contributed by atoms with Crippen molar-refractivity contribution in [2.75, 3.05) is 18.9 Å². The summed E-state index contributed by atoms with van der Waals surface area (Å²) in [5, 5.41) is 14.0. The number of hydrogen-bond acceptors (Lipinski definition) is 6. The molecule has 0 saturated carbocycles. The third-order valence-electron chi connectivity index (χ3n) is 3.36. The summed E-state index contributed by atoms with van der Waals surface area (Å²) >= 11 is 3.07. The van der Waals surface area contributed by atoms with Gasteiger partial charge in [-0.2, -0.15) is 0 Å². The Hall–Kier alpha value is -1.47. The number of carbonyl (C=O) groups is 1. The van der Waals surface area contributed by atoms with Crippen molar-refractivity contribution in [2.45, 2.75) is 19.4 Å². The van der Waals surface area contributed by atoms with Crippen molar-refractivity contribution in [1.82, 2.24) is 15.1 Å². The van der Waals surface area contributed by atoms with Crippen LogP contribution in [-0.4, -0.2) is 34.6 Å². The average molecular weight is 294 g/mol. The highest BCUT2D eigenvalue weighted by molar-refractivity contribution is 7.17. The molecule has 0 saturated heterocycles. The van der Waals surface area contributed by atoms with E-state index in [0.717, 1.165) is 13.0 Å². The summed E-state index contributed by atoms with van der Waals surface area (Å²) in [7, 11) is 1.77. The molecule has 100 valence electrons. The first kappa shape index (κ1) is 12.6. The summed E-state index contributed by atoms with van der Waals surface area (Å²) < 4.78 is 0. The fourth-order valence-electron chi connectivity index (χ4n) is 2.32. The Morgan fingerprint density at radius 2 is 2.37 bits per heavy atom. The quantitative estimate of drug-likeness (QED) is 0.924. The highest BCUT2D eigenvalue weighted by Crippen LogP contribution is 2.34. The Labute approximate surface area is 119 Å². The van der Waals surface area contributed by atoms with Gasteiger partial charge in [0.2, 0.25) is 10.1 Å². The number of rotatable bonds is 2. The fourth-order valence-corrected chi connectivity index (χ4v) is 3.94. The first-order valence-electron chi connectivity index (χ1n) is 6.09. The number of anilines is 1. The number of fused-ring (bicyclic) bond motifs is 1. The monoisotopic (exact) mass is 294 g/mol. The molecule has 7 heteroatoms. The molecule has 1 unspecified atom stereocenters. The minimum absolute atomic E-state index is 0.0247. The Morgan fingerprint density at radius 1 is 1.53 bits per heavy atom. The maximum atomic E-state index is 12.5. The lowest BCUT2D eigenvalue weighted by Crippen LogP contribution is -2.38. The molecule has 3 heterocycles. The van der Waals surface area contributed by atoms with Crippen LogP contribution in [0.15, 0.2) is 11.4 Å². The van der Waals surface area contributed by atoms with Crippen LogP contribution in [-0.2, 0) is 6.42 Å². The zero-order chi connectivity index (χ0) is 13.4. The van der Waals surface area contributed by atoms with Gasteiger partial charge in [0.15, 0.2) is 0 Å². The van der Waals surface area contributed by atoms with Gasteiger partial charge in [-0.1, -0.05) is 11.3 Å². The number of amides is 1. The van der Waals surface area contributed by atoms with Crippen LogP contribution in [0.25, 0.3) is 0 Å². The van der Waals surface area contributed by atoms with Gasteiger partial charge >= 0.3 is 0 Å². The van der Waals surface area contributed by atoms with Crippen LogP contribution >= 0.6 is 22.7 Å². The molecule has 2 aromatic heterocycles. The lowest BCUT2D eigenvalue weighted by atomic mass is 10.0. The van der Waals surface area contributed by atoms with Crippen LogP contribution in [0, 0.1) is 0 Å². The molecule has 5 nitrogen and oxygen atoms in total. The zero-order valence-corrected chi connectivity index (χ0v) is 12.3. The summed E-state index contributed by atoms with van der Waals surface area (Å²) in [4.78, 5) is 15.8. The molecule has 0 spiro atoms. The van der Waals surface area contributed by atoms with E-state index >= 15 is 0 Å². The van der Waals surface area contributed by atoms with Crippen LogP contribution < -0.4 is 5.32 Å². The van der Waals surface area contributed by atoms with Gasteiger partial charge in [-0.3, -0.25) is 4.79 Å². The van der Waals surface area contributed by atoms with E-state index < -0.39 is 0 Å². The topological polar surface area (TPSA) is 58.1 Å². The predicted octanol–water partition coefficient (Wildman–Crippen LogP) is 2.40. The highest BCUT2D eigenvalue weighted by Gasteiger charge is 2.30. The van der Waals surface area contributed by atoms with Crippen molar-refractivity contribution in [3.05, 3.63) is 26.9 Å². The Kier molecular flexibility index (Phi) is 3.24. The first-order valence-corrected chi connectivity index (χ1v) is 7.79. The first-order chi connectivity index (χ1) is 9.20. The number of aromatic nitrogens is 2. The molecule has 1 aliphatic heterocycles. The van der Waals surface area contributed by atoms with Gasteiger partial charge in [0.1, 0.15) is 0 Å². The predicted molar refractivity (Wildman–Crippen MR) is 76.9 cm³/mol. The summed E-state index contributed by atoms with van der Waals surface area (Å²) in [5.41, 5.74) is 1.27. The molecule has 0 radical (unpaired) electrons. The normalized spacial score (nSPS) is 18.2. The smallest absolute Gasteiger partial charge is 0.285 e. The molecule has 1 aliphatic rings. The molecule has 0 aromatic carbocycles. The van der Waals surface area contributed by atoms with Gasteiger partial charge in [0, 0.05) is 18.5 Å². The van der Waals surface area contributed by atoms with Crippen molar-refractivity contribution in [3.63, 3.8) is 0 Å². The highest BCUT2D eigenvalue weighted by atomic mass is 32.1. The maximum Gasteiger partial charge on any atom is 0.285 e. The van der Waals surface area contributed by atoms with Crippen LogP contribution in [0.4, 0.5) is 5.13 Å². The number of hydrogen-bond donors (Lipinski definition) is 1.